The second-order valence-electron chi connectivity index (χ2n) is 4.99. The van der Waals surface area contributed by atoms with E-state index in [4.69, 9.17) is 23.2 Å². The summed E-state index contributed by atoms with van der Waals surface area (Å²) in [5.41, 5.74) is 0.808. The Morgan fingerprint density at radius 2 is 1.67 bits per heavy atom. The third-order valence-corrected chi connectivity index (χ3v) is 4.88. The molecule has 0 unspecified atom stereocenters. The predicted molar refractivity (Wildman–Crippen MR) is 90.2 cm³/mol. The molecule has 0 radical (unpaired) electrons. The fraction of sp³-hybridized carbons (Fsp3) is 0.250. The molecule has 0 aliphatic heterocycles. The van der Waals surface area contributed by atoms with Crippen LogP contribution in [0.1, 0.15) is 11.1 Å². The van der Waals surface area contributed by atoms with Gasteiger partial charge >= 0.3 is 0 Å². The van der Waals surface area contributed by atoms with E-state index >= 15 is 0 Å². The van der Waals surface area contributed by atoms with Gasteiger partial charge in [-0.15, -0.1) is 0 Å². The van der Waals surface area contributed by atoms with E-state index in [0.29, 0.717) is 16.5 Å². The Labute approximate surface area is 142 Å². The van der Waals surface area contributed by atoms with Crippen molar-refractivity contribution in [2.75, 3.05) is 13.2 Å². The van der Waals surface area contributed by atoms with Crippen molar-refractivity contribution in [3.05, 3.63) is 68.1 Å². The van der Waals surface area contributed by atoms with E-state index in [1.807, 2.05) is 24.3 Å². The van der Waals surface area contributed by atoms with Gasteiger partial charge in [-0.25, -0.2) is 0 Å². The van der Waals surface area contributed by atoms with E-state index in [1.165, 1.54) is 0 Å². The van der Waals surface area contributed by atoms with Gasteiger partial charge in [-0.3, -0.25) is 0 Å². The summed E-state index contributed by atoms with van der Waals surface area (Å²) in [4.78, 5) is 0. The average Bonchev–Trinajstić information content (AvgIpc) is 2.49. The minimum absolute atomic E-state index is 0.199. The largest absolute Gasteiger partial charge is 0.395 e. The molecule has 0 saturated heterocycles. The Balaban J connectivity index is 2.48. The monoisotopic (exact) mass is 388 g/mol. The van der Waals surface area contributed by atoms with E-state index in [0.717, 1.165) is 15.6 Å². The van der Waals surface area contributed by atoms with Crippen LogP contribution in [0.3, 0.4) is 0 Å². The van der Waals surface area contributed by atoms with Gasteiger partial charge in [0.1, 0.15) is 0 Å². The molecular formula is C16H15BrCl2O2. The van der Waals surface area contributed by atoms with Gasteiger partial charge in [0.05, 0.1) is 13.2 Å². The van der Waals surface area contributed by atoms with E-state index < -0.39 is 5.41 Å². The predicted octanol–water partition coefficient (Wildman–Crippen LogP) is 4.22. The van der Waals surface area contributed by atoms with E-state index in [9.17, 15) is 10.2 Å². The molecule has 112 valence electrons. The first-order valence-corrected chi connectivity index (χ1v) is 7.98. The average molecular weight is 390 g/mol. The summed E-state index contributed by atoms with van der Waals surface area (Å²) in [5, 5.41) is 21.0. The Bertz CT molecular complexity index is 627. The fourth-order valence-electron chi connectivity index (χ4n) is 2.36. The molecule has 0 amide bonds. The van der Waals surface area contributed by atoms with Gasteiger partial charge in [-0.2, -0.15) is 0 Å². The Hall–Kier alpha value is -0.580. The van der Waals surface area contributed by atoms with Crippen LogP contribution in [-0.4, -0.2) is 23.4 Å². The van der Waals surface area contributed by atoms with Crippen LogP contribution in [0.5, 0.6) is 0 Å². The SMILES string of the molecule is OCC(CO)(Cc1cc(Cl)ccc1Cl)c1ccccc1Br. The molecule has 0 aromatic heterocycles. The zero-order chi connectivity index (χ0) is 15.5. The number of rotatable bonds is 5. The molecule has 2 aromatic rings. The maximum atomic E-state index is 9.92. The maximum absolute atomic E-state index is 9.92. The molecular weight excluding hydrogens is 375 g/mol. The molecule has 0 aliphatic carbocycles. The van der Waals surface area contributed by atoms with Crippen molar-refractivity contribution in [3.8, 4) is 0 Å². The standard InChI is InChI=1S/C16H15BrCl2O2/c17-14-4-2-1-3-13(14)16(9-20,10-21)8-11-7-12(18)5-6-15(11)19/h1-7,20-21H,8-10H2. The van der Waals surface area contributed by atoms with Gasteiger partial charge in [-0.1, -0.05) is 57.3 Å². The van der Waals surface area contributed by atoms with Crippen molar-refractivity contribution in [1.29, 1.82) is 0 Å². The van der Waals surface area contributed by atoms with Crippen LogP contribution in [0.25, 0.3) is 0 Å². The van der Waals surface area contributed by atoms with Crippen LogP contribution in [0, 0.1) is 0 Å². The normalized spacial score (nSPS) is 11.7. The van der Waals surface area contributed by atoms with Gasteiger partial charge in [0.25, 0.3) is 0 Å². The Morgan fingerprint density at radius 3 is 2.29 bits per heavy atom. The van der Waals surface area contributed by atoms with Crippen molar-refractivity contribution in [2.45, 2.75) is 11.8 Å². The summed E-state index contributed by atoms with van der Waals surface area (Å²) in [7, 11) is 0. The van der Waals surface area contributed by atoms with E-state index in [-0.39, 0.29) is 13.2 Å². The topological polar surface area (TPSA) is 40.5 Å². The first-order valence-electron chi connectivity index (χ1n) is 6.43. The van der Waals surface area contributed by atoms with Crippen molar-refractivity contribution < 1.29 is 10.2 Å². The van der Waals surface area contributed by atoms with Crippen LogP contribution in [-0.2, 0) is 11.8 Å². The molecule has 21 heavy (non-hydrogen) atoms. The zero-order valence-electron chi connectivity index (χ0n) is 11.2. The zero-order valence-corrected chi connectivity index (χ0v) is 14.3. The second kappa shape index (κ2) is 7.12. The Morgan fingerprint density at radius 1 is 1.00 bits per heavy atom. The number of hydrogen-bond acceptors (Lipinski definition) is 2. The van der Waals surface area contributed by atoms with Gasteiger partial charge in [-0.05, 0) is 41.8 Å². The number of aliphatic hydroxyl groups excluding tert-OH is 2. The highest BCUT2D eigenvalue weighted by Crippen LogP contribution is 2.35. The summed E-state index contributed by atoms with van der Waals surface area (Å²) >= 11 is 15.7. The minimum Gasteiger partial charge on any atom is -0.395 e. The second-order valence-corrected chi connectivity index (χ2v) is 6.69. The van der Waals surface area contributed by atoms with Crippen molar-refractivity contribution in [1.82, 2.24) is 0 Å². The molecule has 0 bridgehead atoms. The first-order chi connectivity index (χ1) is 10.0. The van der Waals surface area contributed by atoms with Gasteiger partial charge < -0.3 is 10.2 Å². The number of hydrogen-bond donors (Lipinski definition) is 2. The lowest BCUT2D eigenvalue weighted by atomic mass is 9.77. The Kier molecular flexibility index (Phi) is 5.69. The van der Waals surface area contributed by atoms with Gasteiger partial charge in [0.2, 0.25) is 0 Å². The molecule has 0 heterocycles. The van der Waals surface area contributed by atoms with E-state index in [2.05, 4.69) is 15.9 Å². The highest BCUT2D eigenvalue weighted by molar-refractivity contribution is 9.10. The van der Waals surface area contributed by atoms with Crippen molar-refractivity contribution in [3.63, 3.8) is 0 Å². The van der Waals surface area contributed by atoms with Crippen LogP contribution in [0.4, 0.5) is 0 Å². The highest BCUT2D eigenvalue weighted by Gasteiger charge is 2.33. The fourth-order valence-corrected chi connectivity index (χ4v) is 3.45. The molecule has 2 rings (SSSR count). The molecule has 2 N–H and O–H groups in total. The van der Waals surface area contributed by atoms with Crippen LogP contribution >= 0.6 is 39.1 Å². The van der Waals surface area contributed by atoms with Crippen LogP contribution in [0.15, 0.2) is 46.9 Å². The molecule has 0 fully saturated rings. The number of halogens is 3. The van der Waals surface area contributed by atoms with Crippen molar-refractivity contribution >= 4 is 39.1 Å². The lowest BCUT2D eigenvalue weighted by Crippen LogP contribution is -2.37. The third kappa shape index (κ3) is 3.61. The lowest BCUT2D eigenvalue weighted by Gasteiger charge is -2.32. The summed E-state index contributed by atoms with van der Waals surface area (Å²) in [5.74, 6) is 0. The number of aliphatic hydroxyl groups is 2. The minimum atomic E-state index is -0.825. The summed E-state index contributed by atoms with van der Waals surface area (Å²) in [6.07, 6.45) is 0.391. The highest BCUT2D eigenvalue weighted by atomic mass is 79.9. The molecule has 0 atom stereocenters. The first kappa shape index (κ1) is 16.8. The smallest absolute Gasteiger partial charge is 0.0553 e. The quantitative estimate of drug-likeness (QED) is 0.803. The lowest BCUT2D eigenvalue weighted by molar-refractivity contribution is 0.116. The number of benzene rings is 2. The van der Waals surface area contributed by atoms with Crippen LogP contribution < -0.4 is 0 Å². The molecule has 0 aliphatic rings. The molecule has 5 heteroatoms. The third-order valence-electron chi connectivity index (χ3n) is 3.59. The summed E-state index contributed by atoms with van der Waals surface area (Å²) in [6.45, 7) is -0.399. The maximum Gasteiger partial charge on any atom is 0.0553 e. The van der Waals surface area contributed by atoms with Crippen LogP contribution in [0.2, 0.25) is 10.0 Å². The van der Waals surface area contributed by atoms with Crippen molar-refractivity contribution in [2.24, 2.45) is 0 Å². The summed E-state index contributed by atoms with van der Waals surface area (Å²) < 4.78 is 0.839. The summed E-state index contributed by atoms with van der Waals surface area (Å²) in [6, 6.07) is 12.7. The molecule has 0 spiro atoms. The van der Waals surface area contributed by atoms with Gasteiger partial charge in [0, 0.05) is 19.9 Å². The molecule has 2 aromatic carbocycles. The van der Waals surface area contributed by atoms with E-state index in [1.54, 1.807) is 18.2 Å². The molecule has 0 saturated carbocycles. The molecule has 2 nitrogen and oxygen atoms in total. The van der Waals surface area contributed by atoms with Gasteiger partial charge in [0.15, 0.2) is 0 Å².